The smallest absolute Gasteiger partial charge is 0.233 e. The van der Waals surface area contributed by atoms with Crippen LogP contribution in [0.15, 0.2) is 36.4 Å². The van der Waals surface area contributed by atoms with E-state index in [-0.39, 0.29) is 36.1 Å². The van der Waals surface area contributed by atoms with Gasteiger partial charge in [-0.1, -0.05) is 0 Å². The summed E-state index contributed by atoms with van der Waals surface area (Å²) >= 11 is 0. The van der Waals surface area contributed by atoms with Crippen molar-refractivity contribution in [3.63, 3.8) is 0 Å². The third-order valence-corrected chi connectivity index (χ3v) is 5.43. The Hall–Kier alpha value is -3.03. The molecular weight excluding hydrogens is 375 g/mol. The summed E-state index contributed by atoms with van der Waals surface area (Å²) < 4.78 is 19.0. The quantitative estimate of drug-likeness (QED) is 0.790. The first-order valence-electron chi connectivity index (χ1n) is 9.81. The van der Waals surface area contributed by atoms with Crippen molar-refractivity contribution >= 4 is 17.5 Å². The van der Waals surface area contributed by atoms with Crippen molar-refractivity contribution in [2.75, 3.05) is 24.5 Å². The van der Waals surface area contributed by atoms with Gasteiger partial charge in [0.25, 0.3) is 0 Å². The van der Waals surface area contributed by atoms with E-state index in [2.05, 4.69) is 10.2 Å². The Kier molecular flexibility index (Phi) is 5.42. The molecule has 0 spiro atoms. The molecule has 2 saturated heterocycles. The fourth-order valence-electron chi connectivity index (χ4n) is 3.82. The molecule has 2 aromatic rings. The third kappa shape index (κ3) is 4.36. The first-order chi connectivity index (χ1) is 14.0. The minimum Gasteiger partial charge on any atom is -0.473 e. The normalized spacial score (nSPS) is 20.2. The van der Waals surface area contributed by atoms with Crippen LogP contribution in [0.5, 0.6) is 5.88 Å². The highest BCUT2D eigenvalue weighted by atomic mass is 19.1. The van der Waals surface area contributed by atoms with Gasteiger partial charge in [0, 0.05) is 50.7 Å². The van der Waals surface area contributed by atoms with E-state index < -0.39 is 0 Å². The van der Waals surface area contributed by atoms with Gasteiger partial charge >= 0.3 is 0 Å². The molecule has 1 aromatic heterocycles. The van der Waals surface area contributed by atoms with E-state index in [1.165, 1.54) is 12.1 Å². The second-order valence-electron chi connectivity index (χ2n) is 7.54. The lowest BCUT2D eigenvalue weighted by Gasteiger charge is -2.33. The van der Waals surface area contributed by atoms with Crippen molar-refractivity contribution in [3.05, 3.63) is 47.9 Å². The van der Waals surface area contributed by atoms with Gasteiger partial charge in [0.15, 0.2) is 0 Å². The SMILES string of the molecule is Cc1ccc(OC2CCN(C(=O)[C@H]3CC(=O)N(c4ccc(F)cc4)C3)CC2)nn1. The second-order valence-corrected chi connectivity index (χ2v) is 7.54. The lowest BCUT2D eigenvalue weighted by atomic mass is 10.0. The van der Waals surface area contributed by atoms with Crippen LogP contribution >= 0.6 is 0 Å². The highest BCUT2D eigenvalue weighted by molar-refractivity contribution is 6.00. The zero-order valence-corrected chi connectivity index (χ0v) is 16.3. The number of hydrogen-bond donors (Lipinski definition) is 0. The lowest BCUT2D eigenvalue weighted by molar-refractivity contribution is -0.137. The molecule has 2 fully saturated rings. The maximum absolute atomic E-state index is 13.1. The van der Waals surface area contributed by atoms with Crippen LogP contribution in [0.1, 0.15) is 25.0 Å². The first kappa shape index (κ1) is 19.3. The van der Waals surface area contributed by atoms with Crippen molar-refractivity contribution in [2.45, 2.75) is 32.3 Å². The van der Waals surface area contributed by atoms with Crippen LogP contribution in [0.3, 0.4) is 0 Å². The Bertz CT molecular complexity index is 880. The molecule has 0 unspecified atom stereocenters. The Morgan fingerprint density at radius 2 is 1.83 bits per heavy atom. The topological polar surface area (TPSA) is 75.6 Å². The molecule has 8 heteroatoms. The Morgan fingerprint density at radius 3 is 2.48 bits per heavy atom. The van der Waals surface area contributed by atoms with Gasteiger partial charge < -0.3 is 14.5 Å². The maximum Gasteiger partial charge on any atom is 0.233 e. The summed E-state index contributed by atoms with van der Waals surface area (Å²) in [5.41, 5.74) is 1.46. The van der Waals surface area contributed by atoms with E-state index in [0.717, 1.165) is 5.69 Å². The number of benzene rings is 1. The molecule has 4 rings (SSSR count). The minimum absolute atomic E-state index is 0.00280. The Morgan fingerprint density at radius 1 is 1.10 bits per heavy atom. The molecule has 152 valence electrons. The Labute approximate surface area is 168 Å². The third-order valence-electron chi connectivity index (χ3n) is 5.43. The number of carbonyl (C=O) groups excluding carboxylic acids is 2. The molecule has 3 heterocycles. The molecule has 1 atom stereocenters. The van der Waals surface area contributed by atoms with Gasteiger partial charge in [-0.2, -0.15) is 5.10 Å². The van der Waals surface area contributed by atoms with Crippen LogP contribution in [0.2, 0.25) is 0 Å². The van der Waals surface area contributed by atoms with E-state index in [0.29, 0.717) is 44.0 Å². The maximum atomic E-state index is 13.1. The van der Waals surface area contributed by atoms with Gasteiger partial charge in [0.1, 0.15) is 11.9 Å². The first-order valence-corrected chi connectivity index (χ1v) is 9.81. The zero-order valence-electron chi connectivity index (χ0n) is 16.3. The number of rotatable bonds is 4. The van der Waals surface area contributed by atoms with Crippen molar-refractivity contribution in [1.82, 2.24) is 15.1 Å². The monoisotopic (exact) mass is 398 g/mol. The number of carbonyl (C=O) groups is 2. The number of ether oxygens (including phenoxy) is 1. The van der Waals surface area contributed by atoms with Gasteiger partial charge in [-0.05, 0) is 37.3 Å². The van der Waals surface area contributed by atoms with Crippen LogP contribution in [-0.4, -0.2) is 52.6 Å². The van der Waals surface area contributed by atoms with Crippen LogP contribution in [-0.2, 0) is 9.59 Å². The number of anilines is 1. The summed E-state index contributed by atoms with van der Waals surface area (Å²) in [6.45, 7) is 3.37. The van der Waals surface area contributed by atoms with Gasteiger partial charge in [-0.15, -0.1) is 5.10 Å². The summed E-state index contributed by atoms with van der Waals surface area (Å²) in [4.78, 5) is 28.6. The number of nitrogens with zero attached hydrogens (tertiary/aromatic N) is 4. The van der Waals surface area contributed by atoms with Crippen molar-refractivity contribution in [2.24, 2.45) is 5.92 Å². The molecule has 0 bridgehead atoms. The van der Waals surface area contributed by atoms with Crippen molar-refractivity contribution in [3.8, 4) is 5.88 Å². The lowest BCUT2D eigenvalue weighted by Crippen LogP contribution is -2.45. The van der Waals surface area contributed by atoms with Crippen molar-refractivity contribution < 1.29 is 18.7 Å². The molecule has 29 heavy (non-hydrogen) atoms. The number of amides is 2. The molecule has 0 N–H and O–H groups in total. The summed E-state index contributed by atoms with van der Waals surface area (Å²) in [5, 5.41) is 8.01. The van der Waals surface area contributed by atoms with Crippen LogP contribution in [0.25, 0.3) is 0 Å². The van der Waals surface area contributed by atoms with Crippen LogP contribution < -0.4 is 9.64 Å². The fraction of sp³-hybridized carbons (Fsp3) is 0.429. The molecule has 0 radical (unpaired) electrons. The molecule has 2 amide bonds. The van der Waals surface area contributed by atoms with Crippen LogP contribution in [0.4, 0.5) is 10.1 Å². The highest BCUT2D eigenvalue weighted by Gasteiger charge is 2.38. The number of aromatic nitrogens is 2. The number of piperidine rings is 1. The van der Waals surface area contributed by atoms with E-state index in [1.807, 2.05) is 17.9 Å². The van der Waals surface area contributed by atoms with Gasteiger partial charge in [-0.25, -0.2) is 4.39 Å². The van der Waals surface area contributed by atoms with E-state index in [1.54, 1.807) is 23.1 Å². The average Bonchev–Trinajstić information content (AvgIpc) is 3.12. The summed E-state index contributed by atoms with van der Waals surface area (Å²) in [6, 6.07) is 9.43. The van der Waals surface area contributed by atoms with E-state index in [9.17, 15) is 14.0 Å². The van der Waals surface area contributed by atoms with Crippen LogP contribution in [0, 0.1) is 18.7 Å². The predicted octanol–water partition coefficient (Wildman–Crippen LogP) is 2.35. The molecular formula is C21H23FN4O3. The number of halogens is 1. The summed E-state index contributed by atoms with van der Waals surface area (Å²) in [7, 11) is 0. The standard InChI is InChI=1S/C21H23FN4O3/c1-14-2-7-19(24-23-14)29-18-8-10-25(11-9-18)21(28)15-12-20(27)26(13-15)17-5-3-16(22)4-6-17/h2-7,15,18H,8-13H2,1H3/t15-/m0/s1. The molecule has 2 aliphatic rings. The molecule has 0 saturated carbocycles. The van der Waals surface area contributed by atoms with Gasteiger partial charge in [0.2, 0.25) is 17.7 Å². The number of aryl methyl sites for hydroxylation is 1. The summed E-state index contributed by atoms with van der Waals surface area (Å²) in [5.74, 6) is -0.331. The van der Waals surface area contributed by atoms with Gasteiger partial charge in [-0.3, -0.25) is 9.59 Å². The predicted molar refractivity (Wildman–Crippen MR) is 104 cm³/mol. The zero-order chi connectivity index (χ0) is 20.4. The van der Waals surface area contributed by atoms with Crippen molar-refractivity contribution in [1.29, 1.82) is 0 Å². The minimum atomic E-state index is -0.368. The molecule has 7 nitrogen and oxygen atoms in total. The summed E-state index contributed by atoms with van der Waals surface area (Å²) in [6.07, 6.45) is 1.61. The molecule has 2 aliphatic heterocycles. The van der Waals surface area contributed by atoms with E-state index in [4.69, 9.17) is 4.74 Å². The molecule has 1 aromatic carbocycles. The average molecular weight is 398 g/mol. The number of hydrogen-bond acceptors (Lipinski definition) is 5. The largest absolute Gasteiger partial charge is 0.473 e. The molecule has 0 aliphatic carbocycles. The fourth-order valence-corrected chi connectivity index (χ4v) is 3.82. The highest BCUT2D eigenvalue weighted by Crippen LogP contribution is 2.28. The van der Waals surface area contributed by atoms with E-state index >= 15 is 0 Å². The van der Waals surface area contributed by atoms with Gasteiger partial charge in [0.05, 0.1) is 11.6 Å². The second kappa shape index (κ2) is 8.14. The Balaban J connectivity index is 1.31. The number of likely N-dealkylation sites (tertiary alicyclic amines) is 1.